The maximum absolute atomic E-state index is 11.1. The molecule has 0 aliphatic carbocycles. The molecule has 1 atom stereocenters. The number of primary amides is 1. The largest absolute Gasteiger partial charge is 0.366 e. The Hall–Kier alpha value is -1.29. The second-order valence-corrected chi connectivity index (χ2v) is 6.26. The van der Waals surface area contributed by atoms with Crippen LogP contribution in [0.3, 0.4) is 0 Å². The van der Waals surface area contributed by atoms with Gasteiger partial charge in [-0.2, -0.15) is 0 Å². The zero-order chi connectivity index (χ0) is 14.7. The first kappa shape index (κ1) is 15.1. The number of pyridine rings is 1. The summed E-state index contributed by atoms with van der Waals surface area (Å²) in [5, 5.41) is 0.512. The minimum Gasteiger partial charge on any atom is -0.366 e. The minimum atomic E-state index is -0.497. The second kappa shape index (κ2) is 6.44. The van der Waals surface area contributed by atoms with E-state index in [-0.39, 0.29) is 0 Å². The van der Waals surface area contributed by atoms with Gasteiger partial charge in [-0.25, -0.2) is 4.98 Å². The fraction of sp³-hybridized carbons (Fsp3) is 0.600. The Morgan fingerprint density at radius 3 is 2.95 bits per heavy atom. The molecule has 110 valence electrons. The molecule has 1 aromatic rings. The lowest BCUT2D eigenvalue weighted by atomic mass is 10.0. The number of halogens is 1. The van der Waals surface area contributed by atoms with E-state index in [0.29, 0.717) is 22.5 Å². The molecule has 1 saturated heterocycles. The number of hydrogen-bond donors (Lipinski definition) is 1. The van der Waals surface area contributed by atoms with Crippen LogP contribution in [-0.2, 0) is 0 Å². The number of carbonyl (C=O) groups excluding carboxylic acids is 1. The lowest BCUT2D eigenvalue weighted by molar-refractivity contribution is 0.1000. The van der Waals surface area contributed by atoms with Crippen molar-refractivity contribution in [3.63, 3.8) is 0 Å². The van der Waals surface area contributed by atoms with Crippen molar-refractivity contribution in [2.75, 3.05) is 11.4 Å². The zero-order valence-corrected chi connectivity index (χ0v) is 12.9. The third kappa shape index (κ3) is 3.42. The molecular weight excluding hydrogens is 274 g/mol. The van der Waals surface area contributed by atoms with Crippen molar-refractivity contribution < 1.29 is 4.79 Å². The smallest absolute Gasteiger partial charge is 0.250 e. The van der Waals surface area contributed by atoms with E-state index in [9.17, 15) is 4.79 Å². The molecule has 1 aliphatic heterocycles. The van der Waals surface area contributed by atoms with E-state index < -0.39 is 5.91 Å². The summed E-state index contributed by atoms with van der Waals surface area (Å²) in [6, 6.07) is 2.12. The minimum absolute atomic E-state index is 0.358. The highest BCUT2D eigenvalue weighted by atomic mass is 35.5. The summed E-state index contributed by atoms with van der Waals surface area (Å²) in [5.41, 5.74) is 5.60. The van der Waals surface area contributed by atoms with Crippen LogP contribution in [0.4, 0.5) is 5.82 Å². The lowest BCUT2D eigenvalue weighted by Gasteiger charge is -2.27. The van der Waals surface area contributed by atoms with Crippen LogP contribution >= 0.6 is 11.6 Å². The van der Waals surface area contributed by atoms with Crippen molar-refractivity contribution in [1.82, 2.24) is 4.98 Å². The first-order chi connectivity index (χ1) is 9.49. The van der Waals surface area contributed by atoms with Crippen molar-refractivity contribution in [2.45, 2.75) is 45.6 Å². The number of aromatic nitrogens is 1. The van der Waals surface area contributed by atoms with E-state index in [0.717, 1.165) is 18.8 Å². The summed E-state index contributed by atoms with van der Waals surface area (Å²) in [5.74, 6) is 0.991. The fourth-order valence-corrected chi connectivity index (χ4v) is 2.99. The summed E-state index contributed by atoms with van der Waals surface area (Å²) in [7, 11) is 0. The van der Waals surface area contributed by atoms with E-state index in [1.54, 1.807) is 6.07 Å². The quantitative estimate of drug-likeness (QED) is 0.907. The van der Waals surface area contributed by atoms with E-state index in [2.05, 4.69) is 23.7 Å². The Bertz CT molecular complexity index is 490. The number of nitrogens with zero attached hydrogens (tertiary/aromatic N) is 2. The van der Waals surface area contributed by atoms with Crippen LogP contribution in [0.2, 0.25) is 5.02 Å². The molecule has 2 N–H and O–H groups in total. The van der Waals surface area contributed by atoms with Gasteiger partial charge in [-0.1, -0.05) is 25.4 Å². The fourth-order valence-electron chi connectivity index (χ4n) is 2.72. The Balaban J connectivity index is 2.15. The molecule has 2 heterocycles. The summed E-state index contributed by atoms with van der Waals surface area (Å²) in [6.07, 6.45) is 6.23. The lowest BCUT2D eigenvalue weighted by Crippen LogP contribution is -2.30. The van der Waals surface area contributed by atoms with Crippen molar-refractivity contribution in [1.29, 1.82) is 0 Å². The molecular formula is C15H22ClN3O. The van der Waals surface area contributed by atoms with Gasteiger partial charge in [-0.15, -0.1) is 0 Å². The molecule has 1 aliphatic rings. The van der Waals surface area contributed by atoms with Crippen LogP contribution < -0.4 is 10.6 Å². The molecule has 1 aromatic heterocycles. The number of carbonyl (C=O) groups is 1. The SMILES string of the molecule is CC(C)CCC1CCCN1c1ncc(C(N)=O)cc1Cl. The number of anilines is 1. The first-order valence-corrected chi connectivity index (χ1v) is 7.59. The maximum atomic E-state index is 11.1. The molecule has 5 heteroatoms. The van der Waals surface area contributed by atoms with E-state index in [1.165, 1.54) is 25.5 Å². The summed E-state index contributed by atoms with van der Waals surface area (Å²) < 4.78 is 0. The van der Waals surface area contributed by atoms with Crippen LogP contribution in [-0.4, -0.2) is 23.5 Å². The van der Waals surface area contributed by atoms with Gasteiger partial charge in [0.25, 0.3) is 0 Å². The van der Waals surface area contributed by atoms with Crippen LogP contribution in [0, 0.1) is 5.92 Å². The molecule has 4 nitrogen and oxygen atoms in total. The molecule has 1 amide bonds. The number of nitrogens with two attached hydrogens (primary N) is 1. The molecule has 0 aromatic carbocycles. The molecule has 1 fully saturated rings. The van der Waals surface area contributed by atoms with Gasteiger partial charge < -0.3 is 10.6 Å². The summed E-state index contributed by atoms with van der Waals surface area (Å²) in [4.78, 5) is 17.8. The van der Waals surface area contributed by atoms with Gasteiger partial charge in [0.15, 0.2) is 0 Å². The molecule has 0 spiro atoms. The summed E-state index contributed by atoms with van der Waals surface area (Å²) >= 11 is 6.27. The first-order valence-electron chi connectivity index (χ1n) is 7.21. The summed E-state index contributed by atoms with van der Waals surface area (Å²) in [6.45, 7) is 5.46. The standard InChI is InChI=1S/C15H22ClN3O/c1-10(2)5-6-12-4-3-7-19(12)15-13(16)8-11(9-18-15)14(17)20/h8-10,12H,3-7H2,1-2H3,(H2,17,20). The van der Waals surface area contributed by atoms with E-state index in [4.69, 9.17) is 17.3 Å². The predicted molar refractivity (Wildman–Crippen MR) is 82.2 cm³/mol. The Labute approximate surface area is 125 Å². The Kier molecular flexibility index (Phi) is 4.86. The normalized spacial score (nSPS) is 18.8. The monoisotopic (exact) mass is 295 g/mol. The average Bonchev–Trinajstić information content (AvgIpc) is 2.84. The van der Waals surface area contributed by atoms with Crippen molar-refractivity contribution in [2.24, 2.45) is 11.7 Å². The van der Waals surface area contributed by atoms with Crippen LogP contribution in [0.15, 0.2) is 12.3 Å². The highest BCUT2D eigenvalue weighted by Gasteiger charge is 2.27. The molecule has 1 unspecified atom stereocenters. The molecule has 2 rings (SSSR count). The third-order valence-corrected chi connectivity index (χ3v) is 4.11. The van der Waals surface area contributed by atoms with Gasteiger partial charge in [0.2, 0.25) is 5.91 Å². The Morgan fingerprint density at radius 2 is 2.35 bits per heavy atom. The van der Waals surface area contributed by atoms with Crippen molar-refractivity contribution in [3.8, 4) is 0 Å². The van der Waals surface area contributed by atoms with Crippen LogP contribution in [0.25, 0.3) is 0 Å². The second-order valence-electron chi connectivity index (χ2n) is 5.85. The highest BCUT2D eigenvalue weighted by Crippen LogP contribution is 2.32. The molecule has 0 saturated carbocycles. The number of amides is 1. The third-order valence-electron chi connectivity index (χ3n) is 3.83. The van der Waals surface area contributed by atoms with E-state index >= 15 is 0 Å². The van der Waals surface area contributed by atoms with Gasteiger partial charge in [-0.05, 0) is 37.7 Å². The van der Waals surface area contributed by atoms with Gasteiger partial charge in [0.05, 0.1) is 10.6 Å². The number of hydrogen-bond acceptors (Lipinski definition) is 3. The topological polar surface area (TPSA) is 59.2 Å². The zero-order valence-electron chi connectivity index (χ0n) is 12.1. The van der Waals surface area contributed by atoms with Gasteiger partial charge >= 0.3 is 0 Å². The van der Waals surface area contributed by atoms with Crippen LogP contribution in [0.1, 0.15) is 49.9 Å². The van der Waals surface area contributed by atoms with Crippen molar-refractivity contribution >= 4 is 23.3 Å². The maximum Gasteiger partial charge on any atom is 0.250 e. The Morgan fingerprint density at radius 1 is 1.60 bits per heavy atom. The van der Waals surface area contributed by atoms with Crippen LogP contribution in [0.5, 0.6) is 0 Å². The van der Waals surface area contributed by atoms with E-state index in [1.807, 2.05) is 0 Å². The van der Waals surface area contributed by atoms with Gasteiger partial charge in [-0.3, -0.25) is 4.79 Å². The predicted octanol–water partition coefficient (Wildman–Crippen LogP) is 3.24. The average molecular weight is 296 g/mol. The number of rotatable bonds is 5. The molecule has 0 bridgehead atoms. The molecule has 0 radical (unpaired) electrons. The molecule has 20 heavy (non-hydrogen) atoms. The van der Waals surface area contributed by atoms with Gasteiger partial charge in [0, 0.05) is 18.8 Å². The highest BCUT2D eigenvalue weighted by molar-refractivity contribution is 6.33. The van der Waals surface area contributed by atoms with Crippen molar-refractivity contribution in [3.05, 3.63) is 22.8 Å². The van der Waals surface area contributed by atoms with Gasteiger partial charge in [0.1, 0.15) is 5.82 Å².